The Kier molecular flexibility index (Phi) is 25.6. The van der Waals surface area contributed by atoms with Crippen molar-refractivity contribution in [2.24, 2.45) is 0 Å². The summed E-state index contributed by atoms with van der Waals surface area (Å²) in [6.45, 7) is 35.3. The summed E-state index contributed by atoms with van der Waals surface area (Å²) in [5.74, 6) is -1.49. The molecule has 1 aliphatic rings. The number of rotatable bonds is 18. The highest BCUT2D eigenvalue weighted by molar-refractivity contribution is 5.75. The molecular formula is C84H108O18. The predicted octanol–water partition coefficient (Wildman–Crippen LogP) is 14.6. The second-order valence-electron chi connectivity index (χ2n) is 32.5. The SMILES string of the molecule is COC(=O)COc1c2cc(C(C)(C)C)cc1Cc1cc(C(C)(C)C)cc(c1OCC(=O)OC)Cc1cc(C(C)(C)C)cc(c1OCC(=O)OC)Cc1cc(C(C)(C)C)cc(c1OCC(=O)OC)Cc1cc(C(C)(C)C)cc(c1OCC(=O)OC)Cc1cc(C(C)(C)C)cc(c1OCC(=O)OC)C2. The Hall–Kier alpha value is -9.06. The number of carbonyl (C=O) groups excluding carboxylic acids is 6. The molecule has 1 aliphatic carbocycles. The van der Waals surface area contributed by atoms with Crippen LogP contribution in [0.2, 0.25) is 0 Å². The Bertz CT molecular complexity index is 3270. The summed E-state index contributed by atoms with van der Waals surface area (Å²) >= 11 is 0. The molecule has 102 heavy (non-hydrogen) atoms. The van der Waals surface area contributed by atoms with Crippen molar-refractivity contribution < 1.29 is 85.6 Å². The van der Waals surface area contributed by atoms with Crippen molar-refractivity contribution in [3.63, 3.8) is 0 Å². The molecule has 0 radical (unpaired) electrons. The van der Waals surface area contributed by atoms with Gasteiger partial charge >= 0.3 is 35.8 Å². The third-order valence-electron chi connectivity index (χ3n) is 18.3. The van der Waals surface area contributed by atoms with Gasteiger partial charge in [-0.1, -0.05) is 197 Å². The third kappa shape index (κ3) is 20.6. The number of hydrogen-bond acceptors (Lipinski definition) is 18. The Balaban J connectivity index is 1.80. The fourth-order valence-electron chi connectivity index (χ4n) is 12.2. The average Bonchev–Trinajstić information content (AvgIpc) is 0.774. The van der Waals surface area contributed by atoms with Gasteiger partial charge in [-0.2, -0.15) is 0 Å². The van der Waals surface area contributed by atoms with Gasteiger partial charge in [-0.05, 0) is 133 Å². The monoisotopic (exact) mass is 1400 g/mol. The molecule has 552 valence electrons. The normalized spacial score (nSPS) is 12.9. The standard InChI is InChI=1S/C84H108O18/c1-79(2,3)61-31-49-25-51-33-62(80(4,5)6)35-53(74(51)98-44-68(86)92-20)27-55-37-64(82(10,11)12)39-57(76(55)100-46-70(88)94-22)29-59-41-66(84(16,17)18)42-60(78(59)102-48-72(90)96-24)30-58-40-65(83(13,14)15)38-56(77(58)101-47-71(89)95-23)28-54-36-63(81(7,8)9)34-52(75(54)99-45-69(87)93-21)26-50(32-61)73(49)97-43-67(85)91-19/h31-42H,25-30,43-48H2,1-24H3. The van der Waals surface area contributed by atoms with E-state index in [9.17, 15) is 28.8 Å². The van der Waals surface area contributed by atoms with Crippen LogP contribution in [0.15, 0.2) is 72.8 Å². The Morgan fingerprint density at radius 1 is 0.216 bits per heavy atom. The van der Waals surface area contributed by atoms with Crippen molar-refractivity contribution in [3.05, 3.63) is 173 Å². The van der Waals surface area contributed by atoms with E-state index in [0.29, 0.717) is 101 Å². The summed E-state index contributed by atoms with van der Waals surface area (Å²) in [7, 11) is 7.80. The molecule has 18 nitrogen and oxygen atoms in total. The highest BCUT2D eigenvalue weighted by atomic mass is 16.6. The first-order valence-corrected chi connectivity index (χ1v) is 34.6. The highest BCUT2D eigenvalue weighted by Crippen LogP contribution is 2.47. The molecule has 0 unspecified atom stereocenters. The van der Waals surface area contributed by atoms with Crippen LogP contribution in [0.3, 0.4) is 0 Å². The number of esters is 6. The molecule has 12 bridgehead atoms. The van der Waals surface area contributed by atoms with E-state index in [1.54, 1.807) is 0 Å². The fraction of sp³-hybridized carbons (Fsp3) is 0.500. The number of carbonyl (C=O) groups is 6. The molecule has 0 heterocycles. The van der Waals surface area contributed by atoms with Crippen LogP contribution in [0.1, 0.15) is 225 Å². The maximum Gasteiger partial charge on any atom is 0.343 e. The van der Waals surface area contributed by atoms with E-state index in [1.165, 1.54) is 42.7 Å². The van der Waals surface area contributed by atoms with E-state index in [-0.39, 0.29) is 38.5 Å². The van der Waals surface area contributed by atoms with E-state index in [1.807, 2.05) is 0 Å². The first-order chi connectivity index (χ1) is 47.5. The van der Waals surface area contributed by atoms with Crippen molar-refractivity contribution in [2.45, 2.75) is 196 Å². The number of hydrogen-bond donors (Lipinski definition) is 0. The van der Waals surface area contributed by atoms with Crippen molar-refractivity contribution in [1.29, 1.82) is 0 Å². The fourth-order valence-corrected chi connectivity index (χ4v) is 12.2. The van der Waals surface area contributed by atoms with Crippen LogP contribution >= 0.6 is 0 Å². The van der Waals surface area contributed by atoms with Gasteiger partial charge < -0.3 is 56.8 Å². The van der Waals surface area contributed by atoms with Crippen LogP contribution in [0.4, 0.5) is 0 Å². The van der Waals surface area contributed by atoms with Crippen LogP contribution in [0.5, 0.6) is 34.5 Å². The summed E-state index contributed by atoms with van der Waals surface area (Å²) in [6, 6.07) is 25.0. The topological polar surface area (TPSA) is 213 Å². The van der Waals surface area contributed by atoms with E-state index >= 15 is 0 Å². The largest absolute Gasteiger partial charge is 0.481 e. The highest BCUT2D eigenvalue weighted by Gasteiger charge is 2.33. The van der Waals surface area contributed by atoms with Gasteiger partial charge in [0.05, 0.1) is 42.7 Å². The molecule has 18 heteroatoms. The van der Waals surface area contributed by atoms with Crippen LogP contribution in [-0.4, -0.2) is 118 Å². The molecule has 6 aromatic carbocycles. The summed E-state index contributed by atoms with van der Waals surface area (Å²) in [5.41, 5.74) is 10.6. The zero-order valence-electron chi connectivity index (χ0n) is 64.8. The predicted molar refractivity (Wildman–Crippen MR) is 393 cm³/mol. The minimum Gasteiger partial charge on any atom is -0.481 e. The van der Waals surface area contributed by atoms with Crippen LogP contribution in [-0.2, 0) is 128 Å². The third-order valence-corrected chi connectivity index (χ3v) is 18.3. The van der Waals surface area contributed by atoms with Crippen molar-refractivity contribution >= 4 is 35.8 Å². The molecule has 0 aromatic heterocycles. The number of fused-ring (bicyclic) bond motifs is 12. The van der Waals surface area contributed by atoms with Crippen molar-refractivity contribution in [2.75, 3.05) is 82.3 Å². The summed E-state index contributed by atoms with van der Waals surface area (Å²) in [6.07, 6.45) is 0.752. The average molecular weight is 1410 g/mol. The van der Waals surface area contributed by atoms with E-state index in [2.05, 4.69) is 197 Å². The zero-order chi connectivity index (χ0) is 75.8. The van der Waals surface area contributed by atoms with Crippen molar-refractivity contribution in [3.8, 4) is 34.5 Å². The van der Waals surface area contributed by atoms with Gasteiger partial charge in [-0.15, -0.1) is 0 Å². The van der Waals surface area contributed by atoms with Gasteiger partial charge in [0.25, 0.3) is 0 Å². The number of methoxy groups -OCH3 is 6. The van der Waals surface area contributed by atoms with Gasteiger partial charge in [-0.3, -0.25) is 0 Å². The molecule has 0 aliphatic heterocycles. The second kappa shape index (κ2) is 32.5. The van der Waals surface area contributed by atoms with Crippen molar-refractivity contribution in [1.82, 2.24) is 0 Å². The first kappa shape index (κ1) is 80.3. The number of ether oxygens (including phenoxy) is 12. The lowest BCUT2D eigenvalue weighted by Gasteiger charge is -2.29. The molecular weight excluding hydrogens is 1300 g/mol. The summed E-state index contributed by atoms with van der Waals surface area (Å²) in [5, 5.41) is 0. The zero-order valence-corrected chi connectivity index (χ0v) is 64.8. The molecule has 0 fully saturated rings. The lowest BCUT2D eigenvalue weighted by atomic mass is 9.79. The molecule has 0 N–H and O–H groups in total. The quantitative estimate of drug-likeness (QED) is 0.0577. The van der Waals surface area contributed by atoms with E-state index in [0.717, 1.165) is 33.4 Å². The minimum atomic E-state index is -0.624. The molecule has 0 saturated heterocycles. The van der Waals surface area contributed by atoms with E-state index < -0.39 is 108 Å². The maximum absolute atomic E-state index is 13.5. The maximum atomic E-state index is 13.5. The summed E-state index contributed by atoms with van der Waals surface area (Å²) < 4.78 is 72.5. The smallest absolute Gasteiger partial charge is 0.343 e. The van der Waals surface area contributed by atoms with E-state index in [4.69, 9.17) is 56.8 Å². The lowest BCUT2D eigenvalue weighted by Crippen LogP contribution is -2.20. The minimum absolute atomic E-state index is 0.125. The Labute approximate surface area is 604 Å². The van der Waals surface area contributed by atoms with Gasteiger partial charge in [0.2, 0.25) is 0 Å². The van der Waals surface area contributed by atoms with Gasteiger partial charge in [0.15, 0.2) is 39.6 Å². The molecule has 0 saturated carbocycles. The van der Waals surface area contributed by atoms with Gasteiger partial charge in [0, 0.05) is 38.5 Å². The molecule has 0 atom stereocenters. The molecule has 6 aromatic rings. The first-order valence-electron chi connectivity index (χ1n) is 34.6. The van der Waals surface area contributed by atoms with Crippen LogP contribution in [0.25, 0.3) is 0 Å². The van der Waals surface area contributed by atoms with Crippen LogP contribution < -0.4 is 28.4 Å². The molecule has 0 amide bonds. The summed E-state index contributed by atoms with van der Waals surface area (Å²) in [4.78, 5) is 81.1. The molecule has 7 rings (SSSR count). The Morgan fingerprint density at radius 3 is 0.392 bits per heavy atom. The van der Waals surface area contributed by atoms with Gasteiger partial charge in [0.1, 0.15) is 34.5 Å². The Morgan fingerprint density at radius 2 is 0.314 bits per heavy atom. The number of benzene rings is 6. The lowest BCUT2D eigenvalue weighted by molar-refractivity contribution is -0.143. The second-order valence-corrected chi connectivity index (χ2v) is 32.5. The van der Waals surface area contributed by atoms with Gasteiger partial charge in [-0.25, -0.2) is 28.8 Å². The van der Waals surface area contributed by atoms with Crippen LogP contribution in [0, 0.1) is 0 Å². The molecule has 0 spiro atoms.